The quantitative estimate of drug-likeness (QED) is 0.553. The number of imidazole rings is 1. The van der Waals surface area contributed by atoms with Crippen LogP contribution in [0, 0.1) is 13.8 Å². The number of rotatable bonds is 5. The van der Waals surface area contributed by atoms with Gasteiger partial charge in [0.2, 0.25) is 0 Å². The number of aromatic amines is 1. The number of aromatic nitrogens is 7. The fourth-order valence-corrected chi connectivity index (χ4v) is 3.20. The predicted molar refractivity (Wildman–Crippen MR) is 104 cm³/mol. The number of benzene rings is 1. The Balaban J connectivity index is 1.49. The van der Waals surface area contributed by atoms with Gasteiger partial charge >= 0.3 is 0 Å². The number of nitrogens with one attached hydrogen (secondary N) is 2. The van der Waals surface area contributed by atoms with Gasteiger partial charge in [0.1, 0.15) is 12.0 Å². The van der Waals surface area contributed by atoms with E-state index in [-0.39, 0.29) is 11.9 Å². The van der Waals surface area contributed by atoms with Crippen LogP contribution in [0.25, 0.3) is 11.0 Å². The molecular weight excluding hydrogens is 356 g/mol. The molecule has 144 valence electrons. The van der Waals surface area contributed by atoms with Crippen molar-refractivity contribution in [2.45, 2.75) is 33.4 Å². The van der Waals surface area contributed by atoms with Crippen LogP contribution in [0.5, 0.6) is 0 Å². The summed E-state index contributed by atoms with van der Waals surface area (Å²) in [6.45, 7) is 6.58. The highest BCUT2D eigenvalue weighted by molar-refractivity contribution is 5.92. The van der Waals surface area contributed by atoms with Crippen LogP contribution in [0.2, 0.25) is 0 Å². The second-order valence-corrected chi connectivity index (χ2v) is 7.07. The molecule has 0 radical (unpaired) electrons. The van der Waals surface area contributed by atoms with Crippen LogP contribution >= 0.6 is 0 Å². The van der Waals surface area contributed by atoms with Gasteiger partial charge in [0.25, 0.3) is 5.91 Å². The number of carbonyl (C=O) groups excluding carboxylic acids is 1. The molecule has 0 fully saturated rings. The van der Waals surface area contributed by atoms with E-state index in [1.54, 1.807) is 23.3 Å². The maximum absolute atomic E-state index is 12.5. The van der Waals surface area contributed by atoms with Crippen molar-refractivity contribution in [1.29, 1.82) is 0 Å². The molecule has 1 aromatic carbocycles. The van der Waals surface area contributed by atoms with Gasteiger partial charge in [0.05, 0.1) is 35.6 Å². The lowest BCUT2D eigenvalue weighted by atomic mass is 10.1. The standard InChI is InChI=1S/C19H22N8O/c1-11-5-15-17(6-12(11)2)27(9-20-15)8-14-7-16(24-23-14)19(28)22-13(3)18-25-21-10-26(18)4/h5-7,9-10,13H,8H2,1-4H3,(H,22,28)(H,23,24). The first-order valence-corrected chi connectivity index (χ1v) is 9.03. The second kappa shape index (κ2) is 6.91. The third kappa shape index (κ3) is 3.26. The Bertz CT molecular complexity index is 1150. The molecule has 2 N–H and O–H groups in total. The molecule has 1 atom stereocenters. The van der Waals surface area contributed by atoms with E-state index in [1.807, 2.05) is 18.5 Å². The minimum atomic E-state index is -0.274. The predicted octanol–water partition coefficient (Wildman–Crippen LogP) is 2.04. The maximum Gasteiger partial charge on any atom is 0.272 e. The number of fused-ring (bicyclic) bond motifs is 1. The van der Waals surface area contributed by atoms with Crippen LogP contribution in [0.3, 0.4) is 0 Å². The Labute approximate surface area is 161 Å². The summed E-state index contributed by atoms with van der Waals surface area (Å²) >= 11 is 0. The van der Waals surface area contributed by atoms with E-state index in [0.717, 1.165) is 16.7 Å². The Morgan fingerprint density at radius 2 is 2.00 bits per heavy atom. The molecule has 0 aliphatic heterocycles. The van der Waals surface area contributed by atoms with E-state index >= 15 is 0 Å². The molecule has 9 nitrogen and oxygen atoms in total. The molecule has 28 heavy (non-hydrogen) atoms. The summed E-state index contributed by atoms with van der Waals surface area (Å²) in [4.78, 5) is 17.0. The monoisotopic (exact) mass is 378 g/mol. The third-order valence-electron chi connectivity index (χ3n) is 4.92. The zero-order chi connectivity index (χ0) is 19.8. The van der Waals surface area contributed by atoms with Crippen molar-refractivity contribution in [1.82, 2.24) is 39.8 Å². The summed E-state index contributed by atoms with van der Waals surface area (Å²) in [7, 11) is 1.84. The lowest BCUT2D eigenvalue weighted by Crippen LogP contribution is -2.28. The molecule has 3 heterocycles. The lowest BCUT2D eigenvalue weighted by molar-refractivity contribution is 0.0932. The molecule has 1 unspecified atom stereocenters. The molecule has 4 aromatic rings. The summed E-state index contributed by atoms with van der Waals surface area (Å²) in [5.41, 5.74) is 5.61. The summed E-state index contributed by atoms with van der Waals surface area (Å²) in [6, 6.07) is 5.69. The highest BCUT2D eigenvalue weighted by atomic mass is 16.2. The molecule has 0 saturated carbocycles. The Hall–Kier alpha value is -3.49. The number of H-pyrrole nitrogens is 1. The van der Waals surface area contributed by atoms with Crippen LogP contribution in [0.4, 0.5) is 0 Å². The molecule has 3 aromatic heterocycles. The summed E-state index contributed by atoms with van der Waals surface area (Å²) in [6.07, 6.45) is 3.41. The van der Waals surface area contributed by atoms with Gasteiger partial charge in [-0.05, 0) is 50.1 Å². The van der Waals surface area contributed by atoms with Crippen molar-refractivity contribution < 1.29 is 4.79 Å². The number of nitrogens with zero attached hydrogens (tertiary/aromatic N) is 6. The lowest BCUT2D eigenvalue weighted by Gasteiger charge is -2.11. The molecular formula is C19H22N8O. The molecule has 0 saturated heterocycles. The van der Waals surface area contributed by atoms with Crippen molar-refractivity contribution >= 4 is 16.9 Å². The van der Waals surface area contributed by atoms with E-state index in [4.69, 9.17) is 0 Å². The van der Waals surface area contributed by atoms with Crippen LogP contribution in [0.1, 0.15) is 46.1 Å². The maximum atomic E-state index is 12.5. The number of hydrogen-bond donors (Lipinski definition) is 2. The normalized spacial score (nSPS) is 12.4. The van der Waals surface area contributed by atoms with Crippen LogP contribution in [-0.4, -0.2) is 40.4 Å². The summed E-state index contributed by atoms with van der Waals surface area (Å²) in [5, 5.41) is 17.8. The third-order valence-corrected chi connectivity index (χ3v) is 4.92. The van der Waals surface area contributed by atoms with Gasteiger partial charge in [-0.2, -0.15) is 5.10 Å². The van der Waals surface area contributed by atoms with Gasteiger partial charge in [-0.1, -0.05) is 0 Å². The zero-order valence-corrected chi connectivity index (χ0v) is 16.3. The molecule has 0 aliphatic rings. The molecule has 1 amide bonds. The van der Waals surface area contributed by atoms with Gasteiger partial charge in [-0.15, -0.1) is 10.2 Å². The minimum Gasteiger partial charge on any atom is -0.341 e. The number of aryl methyl sites for hydroxylation is 3. The Morgan fingerprint density at radius 3 is 2.75 bits per heavy atom. The zero-order valence-electron chi connectivity index (χ0n) is 16.3. The summed E-state index contributed by atoms with van der Waals surface area (Å²) < 4.78 is 3.81. The second-order valence-electron chi connectivity index (χ2n) is 7.07. The van der Waals surface area contributed by atoms with E-state index in [2.05, 4.69) is 56.7 Å². The fraction of sp³-hybridized carbons (Fsp3) is 0.316. The van der Waals surface area contributed by atoms with Crippen molar-refractivity contribution in [2.75, 3.05) is 0 Å². The molecule has 0 aliphatic carbocycles. The first kappa shape index (κ1) is 17.9. The Morgan fingerprint density at radius 1 is 1.21 bits per heavy atom. The van der Waals surface area contributed by atoms with Gasteiger partial charge in [0, 0.05) is 7.05 Å². The van der Waals surface area contributed by atoms with Crippen molar-refractivity contribution in [3.05, 3.63) is 59.2 Å². The fourth-order valence-electron chi connectivity index (χ4n) is 3.20. The van der Waals surface area contributed by atoms with Crippen LogP contribution in [0.15, 0.2) is 30.9 Å². The molecule has 0 spiro atoms. The van der Waals surface area contributed by atoms with Gasteiger partial charge in [0.15, 0.2) is 5.82 Å². The first-order chi connectivity index (χ1) is 13.4. The topological polar surface area (TPSA) is 106 Å². The summed E-state index contributed by atoms with van der Waals surface area (Å²) in [5.74, 6) is 0.416. The van der Waals surface area contributed by atoms with Gasteiger partial charge in [-0.25, -0.2) is 4.98 Å². The SMILES string of the molecule is Cc1cc2ncn(Cc3cc(C(=O)NC(C)c4nncn4C)n[nH]3)c2cc1C. The highest BCUT2D eigenvalue weighted by Crippen LogP contribution is 2.19. The average molecular weight is 378 g/mol. The number of hydrogen-bond acceptors (Lipinski definition) is 5. The molecule has 4 rings (SSSR count). The Kier molecular flexibility index (Phi) is 4.42. The van der Waals surface area contributed by atoms with Crippen LogP contribution < -0.4 is 5.32 Å². The minimum absolute atomic E-state index is 0.264. The number of amides is 1. The van der Waals surface area contributed by atoms with E-state index in [0.29, 0.717) is 18.1 Å². The van der Waals surface area contributed by atoms with E-state index < -0.39 is 0 Å². The van der Waals surface area contributed by atoms with Crippen LogP contribution in [-0.2, 0) is 13.6 Å². The largest absolute Gasteiger partial charge is 0.341 e. The van der Waals surface area contributed by atoms with E-state index in [1.165, 1.54) is 11.1 Å². The highest BCUT2D eigenvalue weighted by Gasteiger charge is 2.18. The van der Waals surface area contributed by atoms with Crippen molar-refractivity contribution in [3.8, 4) is 0 Å². The van der Waals surface area contributed by atoms with Gasteiger partial charge in [-0.3, -0.25) is 9.89 Å². The smallest absolute Gasteiger partial charge is 0.272 e. The first-order valence-electron chi connectivity index (χ1n) is 9.03. The van der Waals surface area contributed by atoms with Crippen molar-refractivity contribution in [2.24, 2.45) is 7.05 Å². The average Bonchev–Trinajstić information content (AvgIpc) is 3.37. The molecule has 9 heteroatoms. The van der Waals surface area contributed by atoms with E-state index in [9.17, 15) is 4.79 Å². The van der Waals surface area contributed by atoms with Crippen molar-refractivity contribution in [3.63, 3.8) is 0 Å². The van der Waals surface area contributed by atoms with Gasteiger partial charge < -0.3 is 14.5 Å². The molecule has 0 bridgehead atoms. The number of carbonyl (C=O) groups is 1.